The van der Waals surface area contributed by atoms with E-state index in [2.05, 4.69) is 13.8 Å². The molecule has 0 heterocycles. The van der Waals surface area contributed by atoms with Crippen LogP contribution in [0.2, 0.25) is 0 Å². The molecule has 2 heteroatoms. The molecule has 1 aliphatic rings. The van der Waals surface area contributed by atoms with Crippen molar-refractivity contribution in [1.82, 2.24) is 0 Å². The van der Waals surface area contributed by atoms with Crippen LogP contribution in [0.1, 0.15) is 43.5 Å². The minimum Gasteiger partial charge on any atom is -0.493 e. The van der Waals surface area contributed by atoms with Crippen molar-refractivity contribution >= 4 is 5.78 Å². The van der Waals surface area contributed by atoms with Crippen LogP contribution in [0.3, 0.4) is 0 Å². The molecule has 0 bridgehead atoms. The number of benzene rings is 1. The number of carbonyl (C=O) groups excluding carboxylic acids is 1. The van der Waals surface area contributed by atoms with Gasteiger partial charge >= 0.3 is 0 Å². The number of ether oxygens (including phenoxy) is 1. The number of ketones is 1. The Kier molecular flexibility index (Phi) is 3.82. The van der Waals surface area contributed by atoms with E-state index in [1.807, 2.05) is 24.3 Å². The lowest BCUT2D eigenvalue weighted by atomic mass is 9.80. The molecule has 0 amide bonds. The highest BCUT2D eigenvalue weighted by molar-refractivity contribution is 5.98. The normalized spacial score (nSPS) is 15.7. The van der Waals surface area contributed by atoms with E-state index in [1.165, 1.54) is 6.42 Å². The van der Waals surface area contributed by atoms with Gasteiger partial charge in [-0.05, 0) is 43.0 Å². The zero-order valence-corrected chi connectivity index (χ0v) is 10.6. The maximum atomic E-state index is 12.0. The van der Waals surface area contributed by atoms with Crippen LogP contribution in [-0.2, 0) is 0 Å². The second-order valence-electron chi connectivity index (χ2n) is 5.22. The van der Waals surface area contributed by atoms with Crippen molar-refractivity contribution in [2.45, 2.75) is 33.1 Å². The zero-order chi connectivity index (χ0) is 12.3. The Hall–Kier alpha value is -1.31. The summed E-state index contributed by atoms with van der Waals surface area (Å²) in [6, 6.07) is 7.56. The molecule has 1 aliphatic carbocycles. The molecule has 92 valence electrons. The fourth-order valence-corrected chi connectivity index (χ4v) is 1.88. The highest BCUT2D eigenvalue weighted by Crippen LogP contribution is 2.30. The minimum atomic E-state index is 0.275. The lowest BCUT2D eigenvalue weighted by Gasteiger charge is -2.23. The van der Waals surface area contributed by atoms with E-state index in [0.29, 0.717) is 11.7 Å². The van der Waals surface area contributed by atoms with Gasteiger partial charge in [0.15, 0.2) is 5.78 Å². The van der Waals surface area contributed by atoms with E-state index in [1.54, 1.807) is 0 Å². The standard InChI is InChI=1S/C15H20O2/c1-11(2)10-17-14-8-6-13(7-9-14)15(16)12-4-3-5-12/h6-9,11-12H,3-5,10H2,1-2H3. The van der Waals surface area contributed by atoms with Gasteiger partial charge < -0.3 is 4.74 Å². The maximum absolute atomic E-state index is 12.0. The monoisotopic (exact) mass is 232 g/mol. The molecule has 0 spiro atoms. The topological polar surface area (TPSA) is 26.3 Å². The van der Waals surface area contributed by atoms with Crippen LogP contribution in [0, 0.1) is 11.8 Å². The summed E-state index contributed by atoms with van der Waals surface area (Å²) >= 11 is 0. The summed E-state index contributed by atoms with van der Waals surface area (Å²) in [6.07, 6.45) is 3.32. The van der Waals surface area contributed by atoms with Crippen LogP contribution in [0.15, 0.2) is 24.3 Å². The van der Waals surface area contributed by atoms with E-state index in [-0.39, 0.29) is 5.92 Å². The molecule has 1 saturated carbocycles. The molecular weight excluding hydrogens is 212 g/mol. The molecule has 2 rings (SSSR count). The molecule has 0 atom stereocenters. The number of Topliss-reactive ketones (excluding diaryl/α,β-unsaturated/α-hetero) is 1. The van der Waals surface area contributed by atoms with Gasteiger partial charge in [0.25, 0.3) is 0 Å². The van der Waals surface area contributed by atoms with E-state index >= 15 is 0 Å². The Balaban J connectivity index is 1.94. The first kappa shape index (κ1) is 12.2. The van der Waals surface area contributed by atoms with Crippen molar-refractivity contribution < 1.29 is 9.53 Å². The second-order valence-corrected chi connectivity index (χ2v) is 5.22. The molecule has 1 aromatic rings. The van der Waals surface area contributed by atoms with Crippen molar-refractivity contribution in [3.63, 3.8) is 0 Å². The van der Waals surface area contributed by atoms with Crippen LogP contribution in [0.5, 0.6) is 5.75 Å². The zero-order valence-electron chi connectivity index (χ0n) is 10.6. The summed E-state index contributed by atoms with van der Waals surface area (Å²) in [5, 5.41) is 0. The first-order valence-electron chi connectivity index (χ1n) is 6.44. The van der Waals surface area contributed by atoms with Crippen LogP contribution >= 0.6 is 0 Å². The maximum Gasteiger partial charge on any atom is 0.165 e. The third-order valence-electron chi connectivity index (χ3n) is 3.20. The first-order valence-corrected chi connectivity index (χ1v) is 6.44. The Bertz CT molecular complexity index is 374. The molecule has 2 nitrogen and oxygen atoms in total. The van der Waals surface area contributed by atoms with E-state index in [9.17, 15) is 4.79 Å². The van der Waals surface area contributed by atoms with E-state index < -0.39 is 0 Å². The summed E-state index contributed by atoms with van der Waals surface area (Å²) in [6.45, 7) is 4.96. The predicted octanol–water partition coefficient (Wildman–Crippen LogP) is 3.70. The molecule has 0 radical (unpaired) electrons. The minimum absolute atomic E-state index is 0.275. The van der Waals surface area contributed by atoms with E-state index in [4.69, 9.17) is 4.74 Å². The summed E-state index contributed by atoms with van der Waals surface area (Å²) < 4.78 is 5.59. The number of carbonyl (C=O) groups is 1. The average Bonchev–Trinajstić information content (AvgIpc) is 2.24. The molecule has 0 unspecified atom stereocenters. The van der Waals surface area contributed by atoms with Gasteiger partial charge in [-0.15, -0.1) is 0 Å². The van der Waals surface area contributed by atoms with Crippen LogP contribution < -0.4 is 4.74 Å². The fraction of sp³-hybridized carbons (Fsp3) is 0.533. The summed E-state index contributed by atoms with van der Waals surface area (Å²) in [5.74, 6) is 1.94. The van der Waals surface area contributed by atoms with Gasteiger partial charge in [-0.25, -0.2) is 0 Å². The van der Waals surface area contributed by atoms with Crippen molar-refractivity contribution in [1.29, 1.82) is 0 Å². The highest BCUT2D eigenvalue weighted by Gasteiger charge is 2.25. The van der Waals surface area contributed by atoms with Gasteiger partial charge in [0.2, 0.25) is 0 Å². The van der Waals surface area contributed by atoms with Crippen molar-refractivity contribution in [3.8, 4) is 5.75 Å². The molecule has 1 aromatic carbocycles. The molecule has 0 aromatic heterocycles. The van der Waals surface area contributed by atoms with Gasteiger partial charge in [0.1, 0.15) is 5.75 Å². The van der Waals surface area contributed by atoms with Gasteiger partial charge in [-0.2, -0.15) is 0 Å². The number of hydrogen-bond donors (Lipinski definition) is 0. The molecule has 0 aliphatic heterocycles. The fourth-order valence-electron chi connectivity index (χ4n) is 1.88. The second kappa shape index (κ2) is 5.35. The molecule has 1 fully saturated rings. The van der Waals surface area contributed by atoms with Crippen LogP contribution in [-0.4, -0.2) is 12.4 Å². The largest absolute Gasteiger partial charge is 0.493 e. The molecule has 17 heavy (non-hydrogen) atoms. The molecule has 0 N–H and O–H groups in total. The van der Waals surface area contributed by atoms with Crippen molar-refractivity contribution in [3.05, 3.63) is 29.8 Å². The number of rotatable bonds is 5. The predicted molar refractivity (Wildman–Crippen MR) is 68.4 cm³/mol. The Morgan fingerprint density at radius 3 is 2.41 bits per heavy atom. The SMILES string of the molecule is CC(C)COc1ccc(C(=O)C2CCC2)cc1. The Labute approximate surface area is 103 Å². The summed E-state index contributed by atoms with van der Waals surface area (Å²) in [5.41, 5.74) is 0.826. The Morgan fingerprint density at radius 1 is 1.29 bits per heavy atom. The highest BCUT2D eigenvalue weighted by atomic mass is 16.5. The van der Waals surface area contributed by atoms with Crippen LogP contribution in [0.25, 0.3) is 0 Å². The smallest absolute Gasteiger partial charge is 0.165 e. The summed E-state index contributed by atoms with van der Waals surface area (Å²) in [7, 11) is 0. The average molecular weight is 232 g/mol. The third-order valence-corrected chi connectivity index (χ3v) is 3.20. The lowest BCUT2D eigenvalue weighted by molar-refractivity contribution is 0.0855. The first-order chi connectivity index (χ1) is 8.16. The van der Waals surface area contributed by atoms with Crippen molar-refractivity contribution in [2.75, 3.05) is 6.61 Å². The van der Waals surface area contributed by atoms with Crippen molar-refractivity contribution in [2.24, 2.45) is 11.8 Å². The molecular formula is C15H20O2. The van der Waals surface area contributed by atoms with E-state index in [0.717, 1.165) is 30.8 Å². The lowest BCUT2D eigenvalue weighted by Crippen LogP contribution is -2.21. The van der Waals surface area contributed by atoms with Gasteiger partial charge in [-0.1, -0.05) is 20.3 Å². The third kappa shape index (κ3) is 3.09. The van der Waals surface area contributed by atoms with Crippen LogP contribution in [0.4, 0.5) is 0 Å². The van der Waals surface area contributed by atoms with Gasteiger partial charge in [0.05, 0.1) is 6.61 Å². The quantitative estimate of drug-likeness (QED) is 0.723. The van der Waals surface area contributed by atoms with Gasteiger partial charge in [0, 0.05) is 11.5 Å². The summed E-state index contributed by atoms with van der Waals surface area (Å²) in [4.78, 5) is 12.0. The Morgan fingerprint density at radius 2 is 1.94 bits per heavy atom. The molecule has 0 saturated heterocycles. The van der Waals surface area contributed by atoms with Gasteiger partial charge in [-0.3, -0.25) is 4.79 Å². The number of hydrogen-bond acceptors (Lipinski definition) is 2.